The van der Waals surface area contributed by atoms with E-state index >= 15 is 0 Å². The smallest absolute Gasteiger partial charge is 0.267 e. The van der Waals surface area contributed by atoms with Gasteiger partial charge in [0.2, 0.25) is 5.91 Å². The predicted molar refractivity (Wildman–Crippen MR) is 132 cm³/mol. The van der Waals surface area contributed by atoms with E-state index in [9.17, 15) is 9.59 Å². The third-order valence-electron chi connectivity index (χ3n) is 6.52. The van der Waals surface area contributed by atoms with E-state index in [1.807, 2.05) is 43.0 Å². The van der Waals surface area contributed by atoms with Crippen molar-refractivity contribution in [3.8, 4) is 5.69 Å². The lowest BCUT2D eigenvalue weighted by atomic mass is 9.97. The summed E-state index contributed by atoms with van der Waals surface area (Å²) in [6.45, 7) is 5.64. The highest BCUT2D eigenvalue weighted by molar-refractivity contribution is 8.00. The maximum absolute atomic E-state index is 13.9. The molecular weight excluding hydrogens is 438 g/mol. The maximum Gasteiger partial charge on any atom is 0.267 e. The summed E-state index contributed by atoms with van der Waals surface area (Å²) in [4.78, 5) is 36.1. The van der Waals surface area contributed by atoms with Crippen molar-refractivity contribution in [3.63, 3.8) is 0 Å². The topological polar surface area (TPSA) is 55.2 Å². The highest BCUT2D eigenvalue weighted by atomic mass is 32.2. The lowest BCUT2D eigenvalue weighted by Gasteiger charge is -2.29. The molecule has 5 nitrogen and oxygen atoms in total. The molecule has 0 radical (unpaired) electrons. The number of rotatable bonds is 4. The van der Waals surface area contributed by atoms with E-state index in [-0.39, 0.29) is 16.7 Å². The van der Waals surface area contributed by atoms with E-state index in [4.69, 9.17) is 4.98 Å². The summed E-state index contributed by atoms with van der Waals surface area (Å²) in [5.74, 6) is 0.144. The van der Waals surface area contributed by atoms with Gasteiger partial charge in [-0.15, -0.1) is 11.3 Å². The van der Waals surface area contributed by atoms with Crippen LogP contribution in [0.4, 0.5) is 0 Å². The Labute approximate surface area is 196 Å². The summed E-state index contributed by atoms with van der Waals surface area (Å²) < 4.78 is 1.74. The number of likely N-dealkylation sites (tertiary alicyclic amines) is 1. The maximum atomic E-state index is 13.9. The number of aromatic nitrogens is 2. The number of carbonyl (C=O) groups excluding carboxylic acids is 1. The Balaban J connectivity index is 1.61. The molecule has 1 amide bonds. The van der Waals surface area contributed by atoms with Gasteiger partial charge in [0, 0.05) is 18.0 Å². The Morgan fingerprint density at radius 1 is 1.12 bits per heavy atom. The number of nitrogens with zero attached hydrogens (tertiary/aromatic N) is 3. The molecule has 0 unspecified atom stereocenters. The third-order valence-corrected chi connectivity index (χ3v) is 8.74. The molecule has 168 valence electrons. The zero-order valence-electron chi connectivity index (χ0n) is 18.7. The minimum Gasteiger partial charge on any atom is -0.342 e. The molecule has 7 heteroatoms. The first-order chi connectivity index (χ1) is 15.5. The van der Waals surface area contributed by atoms with Gasteiger partial charge >= 0.3 is 0 Å². The second-order valence-electron chi connectivity index (χ2n) is 8.91. The molecule has 2 aromatic heterocycles. The average molecular weight is 468 g/mol. The Bertz CT molecular complexity index is 1220. The van der Waals surface area contributed by atoms with E-state index in [2.05, 4.69) is 0 Å². The molecule has 0 spiro atoms. The Morgan fingerprint density at radius 2 is 1.91 bits per heavy atom. The first-order valence-corrected chi connectivity index (χ1v) is 13.3. The van der Waals surface area contributed by atoms with Gasteiger partial charge in [-0.2, -0.15) is 0 Å². The van der Waals surface area contributed by atoms with Gasteiger partial charge in [-0.1, -0.05) is 23.9 Å². The van der Waals surface area contributed by atoms with Crippen LogP contribution in [0.5, 0.6) is 0 Å². The number of thiophene rings is 1. The summed E-state index contributed by atoms with van der Waals surface area (Å²) >= 11 is 3.08. The molecular formula is C25H29N3O2S2. The van der Waals surface area contributed by atoms with Gasteiger partial charge in [-0.25, -0.2) is 4.98 Å². The highest BCUT2D eigenvalue weighted by Gasteiger charge is 2.27. The standard InChI is InChI=1S/C25H29N3O2S2/c1-16-9-8-10-18(15-16)28-24(30)21-19-11-4-5-12-20(19)32-22(21)26-25(28)31-17(2)23(29)27-13-6-3-7-14-27/h8-10,15,17H,3-7,11-14H2,1-2H3/t17-/m0/s1. The van der Waals surface area contributed by atoms with Gasteiger partial charge in [0.25, 0.3) is 5.56 Å². The predicted octanol–water partition coefficient (Wildman–Crippen LogP) is 5.13. The van der Waals surface area contributed by atoms with Gasteiger partial charge in [0.1, 0.15) is 4.83 Å². The molecule has 1 aliphatic heterocycles. The molecule has 1 atom stereocenters. The fourth-order valence-electron chi connectivity index (χ4n) is 4.84. The molecule has 0 saturated carbocycles. The number of aryl methyl sites for hydroxylation is 3. The molecule has 1 saturated heterocycles. The number of benzene rings is 1. The summed E-state index contributed by atoms with van der Waals surface area (Å²) in [7, 11) is 0. The van der Waals surface area contributed by atoms with Gasteiger partial charge < -0.3 is 4.90 Å². The first-order valence-electron chi connectivity index (χ1n) is 11.6. The molecule has 1 aliphatic carbocycles. The summed E-state index contributed by atoms with van der Waals surface area (Å²) in [6, 6.07) is 7.99. The minimum absolute atomic E-state index is 0.000112. The Kier molecular flexibility index (Phi) is 6.12. The van der Waals surface area contributed by atoms with Crippen LogP contribution in [0.2, 0.25) is 0 Å². The van der Waals surface area contributed by atoms with Crippen molar-refractivity contribution in [2.24, 2.45) is 0 Å². The molecule has 5 rings (SSSR count). The Hall–Kier alpha value is -2.12. The van der Waals surface area contributed by atoms with Crippen molar-refractivity contribution < 1.29 is 4.79 Å². The van der Waals surface area contributed by atoms with Crippen LogP contribution in [0.3, 0.4) is 0 Å². The number of hydrogen-bond acceptors (Lipinski definition) is 5. The van der Waals surface area contributed by atoms with E-state index in [1.165, 1.54) is 35.0 Å². The van der Waals surface area contributed by atoms with E-state index in [0.717, 1.165) is 66.7 Å². The fourth-order valence-corrected chi connectivity index (χ4v) is 7.15. The molecule has 3 heterocycles. The van der Waals surface area contributed by atoms with Crippen molar-refractivity contribution >= 4 is 39.2 Å². The normalized spacial score (nSPS) is 17.4. The van der Waals surface area contributed by atoms with Gasteiger partial charge in [0.15, 0.2) is 5.16 Å². The van der Waals surface area contributed by atoms with Crippen molar-refractivity contribution in [2.45, 2.75) is 69.2 Å². The van der Waals surface area contributed by atoms with Crippen LogP contribution in [0.15, 0.2) is 34.2 Å². The molecule has 3 aromatic rings. The number of piperidine rings is 1. The molecule has 2 aliphatic rings. The SMILES string of the molecule is Cc1cccc(-n2c(S[C@@H](C)C(=O)N3CCCCC3)nc3sc4c(c3c2=O)CCCC4)c1. The number of carbonyl (C=O) groups is 1. The van der Waals surface area contributed by atoms with E-state index in [1.54, 1.807) is 15.9 Å². The van der Waals surface area contributed by atoms with Crippen LogP contribution in [-0.4, -0.2) is 38.7 Å². The van der Waals surface area contributed by atoms with Crippen molar-refractivity contribution in [3.05, 3.63) is 50.6 Å². The largest absolute Gasteiger partial charge is 0.342 e. The lowest BCUT2D eigenvalue weighted by molar-refractivity contribution is -0.131. The quantitative estimate of drug-likeness (QED) is 0.394. The van der Waals surface area contributed by atoms with E-state index < -0.39 is 0 Å². The van der Waals surface area contributed by atoms with Gasteiger partial charge in [-0.3, -0.25) is 14.2 Å². The summed E-state index contributed by atoms with van der Waals surface area (Å²) in [6.07, 6.45) is 7.63. The number of fused-ring (bicyclic) bond motifs is 3. The molecule has 32 heavy (non-hydrogen) atoms. The lowest BCUT2D eigenvalue weighted by Crippen LogP contribution is -2.40. The second kappa shape index (κ2) is 9.02. The highest BCUT2D eigenvalue weighted by Crippen LogP contribution is 2.36. The summed E-state index contributed by atoms with van der Waals surface area (Å²) in [5.41, 5.74) is 3.11. The molecule has 1 aromatic carbocycles. The minimum atomic E-state index is -0.289. The van der Waals surface area contributed by atoms with Crippen LogP contribution in [0.25, 0.3) is 15.9 Å². The third kappa shape index (κ3) is 4.01. The molecule has 0 bridgehead atoms. The number of amides is 1. The van der Waals surface area contributed by atoms with Gasteiger partial charge in [0.05, 0.1) is 16.3 Å². The van der Waals surface area contributed by atoms with Crippen molar-refractivity contribution in [1.82, 2.24) is 14.5 Å². The first kappa shape index (κ1) is 21.7. The zero-order chi connectivity index (χ0) is 22.2. The monoisotopic (exact) mass is 467 g/mol. The zero-order valence-corrected chi connectivity index (χ0v) is 20.4. The second-order valence-corrected chi connectivity index (χ2v) is 11.3. The van der Waals surface area contributed by atoms with Crippen LogP contribution in [0, 0.1) is 6.92 Å². The Morgan fingerprint density at radius 3 is 2.69 bits per heavy atom. The number of thioether (sulfide) groups is 1. The van der Waals surface area contributed by atoms with E-state index in [0.29, 0.717) is 5.16 Å². The van der Waals surface area contributed by atoms with Crippen molar-refractivity contribution in [1.29, 1.82) is 0 Å². The average Bonchev–Trinajstić information content (AvgIpc) is 3.18. The van der Waals surface area contributed by atoms with Crippen LogP contribution < -0.4 is 5.56 Å². The van der Waals surface area contributed by atoms with Crippen molar-refractivity contribution in [2.75, 3.05) is 13.1 Å². The van der Waals surface area contributed by atoms with Crippen LogP contribution in [0.1, 0.15) is 55.0 Å². The fraction of sp³-hybridized carbons (Fsp3) is 0.480. The number of hydrogen-bond donors (Lipinski definition) is 0. The molecule has 1 fully saturated rings. The van der Waals surface area contributed by atoms with Gasteiger partial charge in [-0.05, 0) is 82.1 Å². The molecule has 0 N–H and O–H groups in total. The summed E-state index contributed by atoms with van der Waals surface area (Å²) in [5, 5.41) is 1.11. The van der Waals surface area contributed by atoms with Crippen LogP contribution >= 0.6 is 23.1 Å². The van der Waals surface area contributed by atoms with Crippen LogP contribution in [-0.2, 0) is 17.6 Å².